The van der Waals surface area contributed by atoms with Crippen LogP contribution in [0, 0.1) is 0 Å². The van der Waals surface area contributed by atoms with Crippen molar-refractivity contribution in [3.8, 4) is 11.5 Å². The zero-order valence-electron chi connectivity index (χ0n) is 17.2. The lowest BCUT2D eigenvalue weighted by Gasteiger charge is -2.09. The van der Waals surface area contributed by atoms with Crippen molar-refractivity contribution in [2.45, 2.75) is 52.9 Å². The Morgan fingerprint density at radius 3 is 2.23 bits per heavy atom. The quantitative estimate of drug-likeness (QED) is 0.346. The number of ether oxygens (including phenoxy) is 3. The van der Waals surface area contributed by atoms with Gasteiger partial charge in [-0.25, -0.2) is 0 Å². The summed E-state index contributed by atoms with van der Waals surface area (Å²) in [6, 6.07) is 5.91. The van der Waals surface area contributed by atoms with Gasteiger partial charge in [0.1, 0.15) is 11.5 Å². The molecular formula is C23H34O3. The van der Waals surface area contributed by atoms with Gasteiger partial charge in [0.2, 0.25) is 0 Å². The van der Waals surface area contributed by atoms with E-state index in [1.54, 1.807) is 21.3 Å². The molecule has 0 aliphatic carbocycles. The largest absolute Gasteiger partial charge is 0.501 e. The van der Waals surface area contributed by atoms with Crippen LogP contribution >= 0.6 is 0 Å². The lowest BCUT2D eigenvalue weighted by molar-refractivity contribution is 0.276. The predicted octanol–water partition coefficient (Wildman–Crippen LogP) is 6.25. The predicted molar refractivity (Wildman–Crippen MR) is 110 cm³/mol. The summed E-state index contributed by atoms with van der Waals surface area (Å²) in [5.74, 6) is 2.83. The fourth-order valence-corrected chi connectivity index (χ4v) is 2.68. The van der Waals surface area contributed by atoms with Gasteiger partial charge in [-0.2, -0.15) is 0 Å². The van der Waals surface area contributed by atoms with Crippen molar-refractivity contribution in [2.75, 3.05) is 21.3 Å². The summed E-state index contributed by atoms with van der Waals surface area (Å²) < 4.78 is 16.2. The third-order valence-corrected chi connectivity index (χ3v) is 4.27. The molecule has 0 saturated carbocycles. The Morgan fingerprint density at radius 2 is 1.62 bits per heavy atom. The number of allylic oxidation sites excluding steroid dienone is 6. The summed E-state index contributed by atoms with van der Waals surface area (Å²) in [6.07, 6.45) is 11.6. The first-order valence-electron chi connectivity index (χ1n) is 9.23. The molecule has 0 spiro atoms. The molecule has 0 bridgehead atoms. The summed E-state index contributed by atoms with van der Waals surface area (Å²) in [5, 5.41) is 0. The van der Waals surface area contributed by atoms with E-state index in [1.165, 1.54) is 11.1 Å². The molecule has 0 aliphatic heterocycles. The Bertz CT molecular complexity index is 635. The summed E-state index contributed by atoms with van der Waals surface area (Å²) in [7, 11) is 5.14. The summed E-state index contributed by atoms with van der Waals surface area (Å²) >= 11 is 0. The first-order chi connectivity index (χ1) is 12.5. The van der Waals surface area contributed by atoms with Crippen molar-refractivity contribution in [1.82, 2.24) is 0 Å². The van der Waals surface area contributed by atoms with Crippen LogP contribution in [0.5, 0.6) is 11.5 Å². The maximum Gasteiger partial charge on any atom is 0.122 e. The minimum absolute atomic E-state index is 0.841. The highest BCUT2D eigenvalue weighted by atomic mass is 16.5. The normalized spacial score (nSPS) is 11.9. The first-order valence-corrected chi connectivity index (χ1v) is 9.23. The van der Waals surface area contributed by atoms with E-state index >= 15 is 0 Å². The van der Waals surface area contributed by atoms with E-state index in [-0.39, 0.29) is 0 Å². The van der Waals surface area contributed by atoms with Gasteiger partial charge in [-0.15, -0.1) is 0 Å². The minimum Gasteiger partial charge on any atom is -0.501 e. The second-order valence-electron chi connectivity index (χ2n) is 6.67. The van der Waals surface area contributed by atoms with Crippen molar-refractivity contribution < 1.29 is 14.2 Å². The number of benzene rings is 1. The van der Waals surface area contributed by atoms with Gasteiger partial charge in [0.05, 0.1) is 27.1 Å². The topological polar surface area (TPSA) is 27.7 Å². The summed E-state index contributed by atoms with van der Waals surface area (Å²) in [4.78, 5) is 0. The van der Waals surface area contributed by atoms with E-state index in [0.29, 0.717) is 0 Å². The maximum atomic E-state index is 5.48. The Morgan fingerprint density at radius 1 is 0.885 bits per heavy atom. The minimum atomic E-state index is 0.841. The molecule has 3 nitrogen and oxygen atoms in total. The van der Waals surface area contributed by atoms with E-state index < -0.39 is 0 Å². The van der Waals surface area contributed by atoms with E-state index in [0.717, 1.165) is 54.9 Å². The second-order valence-corrected chi connectivity index (χ2v) is 6.67. The third-order valence-electron chi connectivity index (χ3n) is 4.27. The van der Waals surface area contributed by atoms with Crippen LogP contribution in [0.4, 0.5) is 0 Å². The van der Waals surface area contributed by atoms with Crippen LogP contribution in [0.3, 0.4) is 0 Å². The molecule has 0 aliphatic rings. The molecule has 3 heteroatoms. The zero-order chi connectivity index (χ0) is 19.4. The average Bonchev–Trinajstić information content (AvgIpc) is 2.64. The Hall–Kier alpha value is -2.16. The van der Waals surface area contributed by atoms with Crippen molar-refractivity contribution in [1.29, 1.82) is 0 Å². The number of methoxy groups -OCH3 is 3. The van der Waals surface area contributed by atoms with Crippen LogP contribution in [0.25, 0.3) is 0 Å². The molecule has 1 aromatic rings. The molecule has 1 rings (SSSR count). The summed E-state index contributed by atoms with van der Waals surface area (Å²) in [5.41, 5.74) is 3.86. The molecule has 0 saturated heterocycles. The van der Waals surface area contributed by atoms with E-state index in [4.69, 9.17) is 14.2 Å². The maximum absolute atomic E-state index is 5.48. The van der Waals surface area contributed by atoms with Gasteiger partial charge in [0.15, 0.2) is 0 Å². The standard InChI is InChI=1S/C23H34O3/c1-18(2)9-7-11-21(24-4)12-8-10-19(3)13-14-20-17-22(25-5)15-16-23(20)26-6/h9,12-13,15-17H,7-8,10-11,14H2,1-6H3/b19-13+,21-12-. The monoisotopic (exact) mass is 358 g/mol. The van der Waals surface area contributed by atoms with Gasteiger partial charge >= 0.3 is 0 Å². The van der Waals surface area contributed by atoms with Crippen molar-refractivity contribution in [3.05, 3.63) is 58.9 Å². The van der Waals surface area contributed by atoms with Crippen LogP contribution in [-0.2, 0) is 11.2 Å². The molecule has 0 amide bonds. The Kier molecular flexibility index (Phi) is 10.3. The lowest BCUT2D eigenvalue weighted by atomic mass is 10.1. The molecule has 1 aromatic carbocycles. The van der Waals surface area contributed by atoms with Gasteiger partial charge in [-0.05, 0) is 70.7 Å². The molecule has 0 atom stereocenters. The van der Waals surface area contributed by atoms with E-state index in [2.05, 4.69) is 39.0 Å². The Balaban J connectivity index is 2.58. The third kappa shape index (κ3) is 8.28. The van der Waals surface area contributed by atoms with Crippen LogP contribution in [0.2, 0.25) is 0 Å². The smallest absolute Gasteiger partial charge is 0.122 e. The molecule has 0 fully saturated rings. The van der Waals surface area contributed by atoms with E-state index in [1.807, 2.05) is 18.2 Å². The van der Waals surface area contributed by atoms with Crippen LogP contribution in [-0.4, -0.2) is 21.3 Å². The van der Waals surface area contributed by atoms with Gasteiger partial charge < -0.3 is 14.2 Å². The van der Waals surface area contributed by atoms with E-state index in [9.17, 15) is 0 Å². The molecular weight excluding hydrogens is 324 g/mol. The SMILES string of the molecule is CO/C(=C\CC/C(C)=C/Cc1cc(OC)ccc1OC)CCC=C(C)C. The van der Waals surface area contributed by atoms with Crippen LogP contribution in [0.15, 0.2) is 53.3 Å². The molecule has 0 aromatic heterocycles. The number of hydrogen-bond acceptors (Lipinski definition) is 3. The van der Waals surface area contributed by atoms with Crippen LogP contribution in [0.1, 0.15) is 52.0 Å². The molecule has 0 heterocycles. The lowest BCUT2D eigenvalue weighted by Crippen LogP contribution is -1.93. The van der Waals surface area contributed by atoms with Gasteiger partial charge in [0, 0.05) is 12.0 Å². The van der Waals surface area contributed by atoms with Crippen molar-refractivity contribution >= 4 is 0 Å². The average molecular weight is 359 g/mol. The van der Waals surface area contributed by atoms with Gasteiger partial charge in [-0.1, -0.05) is 23.3 Å². The van der Waals surface area contributed by atoms with Crippen molar-refractivity contribution in [2.24, 2.45) is 0 Å². The highest BCUT2D eigenvalue weighted by Gasteiger charge is 2.04. The molecule has 0 N–H and O–H groups in total. The molecule has 0 unspecified atom stereocenters. The fourth-order valence-electron chi connectivity index (χ4n) is 2.68. The first kappa shape index (κ1) is 21.9. The highest BCUT2D eigenvalue weighted by Crippen LogP contribution is 2.25. The number of rotatable bonds is 11. The molecule has 26 heavy (non-hydrogen) atoms. The second kappa shape index (κ2) is 12.2. The van der Waals surface area contributed by atoms with Crippen molar-refractivity contribution in [3.63, 3.8) is 0 Å². The molecule has 144 valence electrons. The van der Waals surface area contributed by atoms with Crippen LogP contribution < -0.4 is 9.47 Å². The Labute approximate surface area is 159 Å². The summed E-state index contributed by atoms with van der Waals surface area (Å²) in [6.45, 7) is 6.43. The highest BCUT2D eigenvalue weighted by molar-refractivity contribution is 5.41. The fraction of sp³-hybridized carbons (Fsp3) is 0.478. The van der Waals surface area contributed by atoms with Gasteiger partial charge in [0.25, 0.3) is 0 Å². The molecule has 0 radical (unpaired) electrons. The number of hydrogen-bond donors (Lipinski definition) is 0. The van der Waals surface area contributed by atoms with Gasteiger partial charge in [-0.3, -0.25) is 0 Å². The zero-order valence-corrected chi connectivity index (χ0v) is 17.2.